The van der Waals surface area contributed by atoms with Crippen LogP contribution in [0.2, 0.25) is 0 Å². The molecule has 178 valence electrons. The van der Waals surface area contributed by atoms with Crippen LogP contribution in [0.3, 0.4) is 0 Å². The first-order valence-corrected chi connectivity index (χ1v) is 11.4. The molecule has 3 aromatic rings. The number of rotatable bonds is 6. The van der Waals surface area contributed by atoms with Gasteiger partial charge in [-0.3, -0.25) is 9.59 Å². The number of ketones is 1. The lowest BCUT2D eigenvalue weighted by Gasteiger charge is -2.26. The third-order valence-electron chi connectivity index (χ3n) is 6.25. The molecule has 0 bridgehead atoms. The quantitative estimate of drug-likeness (QED) is 0.331. The van der Waals surface area contributed by atoms with Crippen molar-refractivity contribution in [1.29, 1.82) is 0 Å². The largest absolute Gasteiger partial charge is 0.507 e. The third-order valence-corrected chi connectivity index (χ3v) is 6.25. The molecule has 3 aromatic carbocycles. The van der Waals surface area contributed by atoms with E-state index >= 15 is 0 Å². The van der Waals surface area contributed by atoms with E-state index in [2.05, 4.69) is 0 Å². The van der Waals surface area contributed by atoms with Gasteiger partial charge in [-0.15, -0.1) is 0 Å². The second kappa shape index (κ2) is 9.54. The highest BCUT2D eigenvalue weighted by Gasteiger charge is 2.46. The van der Waals surface area contributed by atoms with Crippen molar-refractivity contribution in [3.05, 3.63) is 95.1 Å². The summed E-state index contributed by atoms with van der Waals surface area (Å²) in [6, 6.07) is 21.2. The molecular weight excluding hydrogens is 446 g/mol. The monoisotopic (exact) mass is 471 g/mol. The van der Waals surface area contributed by atoms with Crippen molar-refractivity contribution < 1.29 is 28.9 Å². The van der Waals surface area contributed by atoms with Crippen LogP contribution in [-0.2, 0) is 16.0 Å². The molecular formula is C28H25NO6. The maximum Gasteiger partial charge on any atom is 0.295 e. The molecule has 2 aliphatic rings. The molecule has 1 amide bonds. The summed E-state index contributed by atoms with van der Waals surface area (Å²) in [6.45, 7) is 1.15. The van der Waals surface area contributed by atoms with Crippen LogP contribution < -0.4 is 14.2 Å². The Labute approximate surface area is 203 Å². The zero-order valence-electron chi connectivity index (χ0n) is 19.3. The van der Waals surface area contributed by atoms with Gasteiger partial charge in [0.25, 0.3) is 11.7 Å². The zero-order valence-corrected chi connectivity index (χ0v) is 19.3. The molecule has 0 saturated carbocycles. The second-order valence-electron chi connectivity index (χ2n) is 8.36. The molecule has 0 spiro atoms. The third kappa shape index (κ3) is 4.33. The van der Waals surface area contributed by atoms with Crippen molar-refractivity contribution in [2.75, 3.05) is 26.9 Å². The number of carbonyl (C=O) groups is 2. The predicted molar refractivity (Wildman–Crippen MR) is 130 cm³/mol. The van der Waals surface area contributed by atoms with E-state index in [9.17, 15) is 14.7 Å². The van der Waals surface area contributed by atoms with Gasteiger partial charge in [0.2, 0.25) is 0 Å². The number of ether oxygens (including phenoxy) is 3. The molecule has 0 aromatic heterocycles. The van der Waals surface area contributed by atoms with Crippen molar-refractivity contribution >= 4 is 17.4 Å². The molecule has 35 heavy (non-hydrogen) atoms. The molecule has 1 saturated heterocycles. The summed E-state index contributed by atoms with van der Waals surface area (Å²) >= 11 is 0. The SMILES string of the molecule is COc1cccc([C@@H]2C(=C(O)c3ccc4c(c3)OCCO4)C(=O)C(=O)N2CCc2ccccc2)c1. The van der Waals surface area contributed by atoms with E-state index in [0.29, 0.717) is 54.6 Å². The van der Waals surface area contributed by atoms with E-state index < -0.39 is 17.7 Å². The number of nitrogens with zero attached hydrogens (tertiary/aromatic N) is 1. The first kappa shape index (κ1) is 22.5. The van der Waals surface area contributed by atoms with E-state index in [0.717, 1.165) is 5.56 Å². The Morgan fingerprint density at radius 3 is 2.51 bits per heavy atom. The van der Waals surface area contributed by atoms with Crippen LogP contribution in [0.1, 0.15) is 22.7 Å². The normalized spacial score (nSPS) is 18.5. The first-order chi connectivity index (χ1) is 17.1. The van der Waals surface area contributed by atoms with E-state index in [1.165, 1.54) is 4.90 Å². The summed E-state index contributed by atoms with van der Waals surface area (Å²) in [5, 5.41) is 11.3. The Balaban J connectivity index is 1.58. The fourth-order valence-electron chi connectivity index (χ4n) is 4.51. The number of likely N-dealkylation sites (tertiary alicyclic amines) is 1. The second-order valence-corrected chi connectivity index (χ2v) is 8.36. The van der Waals surface area contributed by atoms with Gasteiger partial charge in [-0.1, -0.05) is 42.5 Å². The Hall–Kier alpha value is -4.26. The Morgan fingerprint density at radius 1 is 0.971 bits per heavy atom. The molecule has 7 heteroatoms. The van der Waals surface area contributed by atoms with Crippen molar-refractivity contribution in [3.8, 4) is 17.2 Å². The number of hydrogen-bond donors (Lipinski definition) is 1. The van der Waals surface area contributed by atoms with E-state index in [4.69, 9.17) is 14.2 Å². The maximum absolute atomic E-state index is 13.3. The van der Waals surface area contributed by atoms with Gasteiger partial charge in [0.15, 0.2) is 11.5 Å². The van der Waals surface area contributed by atoms with Crippen LogP contribution in [0.15, 0.2) is 78.4 Å². The molecule has 5 rings (SSSR count). The highest BCUT2D eigenvalue weighted by Crippen LogP contribution is 2.41. The molecule has 2 heterocycles. The summed E-state index contributed by atoms with van der Waals surface area (Å²) < 4.78 is 16.6. The topological polar surface area (TPSA) is 85.3 Å². The molecule has 2 aliphatic heterocycles. The number of aliphatic hydroxyl groups is 1. The minimum atomic E-state index is -0.762. The van der Waals surface area contributed by atoms with E-state index in [-0.39, 0.29) is 11.3 Å². The van der Waals surface area contributed by atoms with Gasteiger partial charge in [-0.25, -0.2) is 0 Å². The highest BCUT2D eigenvalue weighted by atomic mass is 16.6. The number of hydrogen-bond acceptors (Lipinski definition) is 6. The van der Waals surface area contributed by atoms with Gasteiger partial charge in [0.1, 0.15) is 24.7 Å². The highest BCUT2D eigenvalue weighted by molar-refractivity contribution is 6.46. The number of aliphatic hydroxyl groups excluding tert-OH is 1. The van der Waals surface area contributed by atoms with E-state index in [1.807, 2.05) is 36.4 Å². The number of Topliss-reactive ketones (excluding diaryl/α,β-unsaturated/α-hetero) is 1. The number of methoxy groups -OCH3 is 1. The van der Waals surface area contributed by atoms with Gasteiger partial charge < -0.3 is 24.2 Å². The minimum Gasteiger partial charge on any atom is -0.507 e. The lowest BCUT2D eigenvalue weighted by atomic mass is 9.95. The summed E-state index contributed by atoms with van der Waals surface area (Å²) in [5.74, 6) is 0.0222. The average Bonchev–Trinajstić information content (AvgIpc) is 3.16. The summed E-state index contributed by atoms with van der Waals surface area (Å²) in [5.41, 5.74) is 2.14. The molecule has 1 N–H and O–H groups in total. The average molecular weight is 472 g/mol. The maximum atomic E-state index is 13.3. The predicted octanol–water partition coefficient (Wildman–Crippen LogP) is 4.13. The molecule has 1 fully saturated rings. The van der Waals surface area contributed by atoms with Crippen LogP contribution in [0.5, 0.6) is 17.2 Å². The van der Waals surface area contributed by atoms with Crippen molar-refractivity contribution in [2.45, 2.75) is 12.5 Å². The van der Waals surface area contributed by atoms with Crippen molar-refractivity contribution in [3.63, 3.8) is 0 Å². The van der Waals surface area contributed by atoms with Crippen LogP contribution in [0.25, 0.3) is 5.76 Å². The smallest absolute Gasteiger partial charge is 0.295 e. The standard InChI is InChI=1S/C28H25NO6/c1-33-21-9-5-8-19(16-21)25-24(26(30)20-10-11-22-23(17-20)35-15-14-34-22)27(31)28(32)29(25)13-12-18-6-3-2-4-7-18/h2-11,16-17,25,30H,12-15H2,1H3/t25-/m1/s1. The number of fused-ring (bicyclic) bond motifs is 1. The van der Waals surface area contributed by atoms with Gasteiger partial charge in [0.05, 0.1) is 18.7 Å². The number of carbonyl (C=O) groups excluding carboxylic acids is 2. The summed E-state index contributed by atoms with van der Waals surface area (Å²) in [6.07, 6.45) is 0.568. The fourth-order valence-corrected chi connectivity index (χ4v) is 4.51. The van der Waals surface area contributed by atoms with E-state index in [1.54, 1.807) is 43.5 Å². The Kier molecular flexibility index (Phi) is 6.14. The number of amides is 1. The van der Waals surface area contributed by atoms with Gasteiger partial charge in [-0.05, 0) is 47.9 Å². The number of benzene rings is 3. The minimum absolute atomic E-state index is 0.0352. The Morgan fingerprint density at radius 2 is 1.74 bits per heavy atom. The van der Waals surface area contributed by atoms with Crippen molar-refractivity contribution in [2.24, 2.45) is 0 Å². The lowest BCUT2D eigenvalue weighted by molar-refractivity contribution is -0.139. The summed E-state index contributed by atoms with van der Waals surface area (Å²) in [7, 11) is 1.56. The Bertz CT molecular complexity index is 1300. The van der Waals surface area contributed by atoms with Gasteiger partial charge in [-0.2, -0.15) is 0 Å². The molecule has 0 aliphatic carbocycles. The van der Waals surface area contributed by atoms with Crippen LogP contribution in [-0.4, -0.2) is 48.6 Å². The first-order valence-electron chi connectivity index (χ1n) is 11.4. The van der Waals surface area contributed by atoms with Crippen molar-refractivity contribution in [1.82, 2.24) is 4.90 Å². The molecule has 0 radical (unpaired) electrons. The van der Waals surface area contributed by atoms with Crippen LogP contribution >= 0.6 is 0 Å². The van der Waals surface area contributed by atoms with Gasteiger partial charge in [0, 0.05) is 12.1 Å². The fraction of sp³-hybridized carbons (Fsp3) is 0.214. The molecule has 0 unspecified atom stereocenters. The zero-order chi connectivity index (χ0) is 24.4. The molecule has 7 nitrogen and oxygen atoms in total. The summed E-state index contributed by atoms with van der Waals surface area (Å²) in [4.78, 5) is 28.0. The van der Waals surface area contributed by atoms with Crippen LogP contribution in [0.4, 0.5) is 0 Å². The van der Waals surface area contributed by atoms with Crippen LogP contribution in [0, 0.1) is 0 Å². The van der Waals surface area contributed by atoms with Gasteiger partial charge >= 0.3 is 0 Å². The molecule has 1 atom stereocenters. The lowest BCUT2D eigenvalue weighted by Crippen LogP contribution is -2.31.